The Kier molecular flexibility index (Phi) is 5.71. The van der Waals surface area contributed by atoms with Crippen LogP contribution in [0.3, 0.4) is 0 Å². The number of sulfone groups is 1. The second-order valence-electron chi connectivity index (χ2n) is 5.21. The second kappa shape index (κ2) is 7.75. The minimum Gasteiger partial charge on any atom is -0.490 e. The highest BCUT2D eigenvalue weighted by Gasteiger charge is 2.21. The Bertz CT molecular complexity index is 881. The number of nitro benzene ring substituents is 1. The summed E-state index contributed by atoms with van der Waals surface area (Å²) in [6.07, 6.45) is 0. The fourth-order valence-corrected chi connectivity index (χ4v) is 3.45. The first-order chi connectivity index (χ1) is 11.8. The predicted octanol–water partition coefficient (Wildman–Crippen LogP) is 2.16. The van der Waals surface area contributed by atoms with Gasteiger partial charge in [-0.1, -0.05) is 24.3 Å². The molecule has 0 saturated carbocycles. The lowest BCUT2D eigenvalue weighted by molar-refractivity contribution is -0.385. The largest absolute Gasteiger partial charge is 0.490 e. The molecule has 0 fully saturated rings. The van der Waals surface area contributed by atoms with Crippen LogP contribution in [0.4, 0.5) is 11.4 Å². The van der Waals surface area contributed by atoms with Gasteiger partial charge in [0.15, 0.2) is 15.6 Å². The van der Waals surface area contributed by atoms with Gasteiger partial charge >= 0.3 is 5.69 Å². The Balaban J connectivity index is 2.09. The standard InChI is InChI=1S/C16H16N2O6S/c1-24-15-8-7-12(9-14(15)18(20)21)10-25(22,23)11-16(19)17-13-5-3-2-4-6-13/h2-9H,10-11H2,1H3,(H,17,19). The van der Waals surface area contributed by atoms with Gasteiger partial charge in [0.2, 0.25) is 5.91 Å². The number of methoxy groups -OCH3 is 1. The van der Waals surface area contributed by atoms with Crippen LogP contribution in [0.2, 0.25) is 0 Å². The van der Waals surface area contributed by atoms with Crippen LogP contribution in [0.15, 0.2) is 48.5 Å². The third kappa shape index (κ3) is 5.28. The van der Waals surface area contributed by atoms with E-state index in [0.717, 1.165) is 6.07 Å². The first kappa shape index (κ1) is 18.4. The Morgan fingerprint density at radius 1 is 1.20 bits per heavy atom. The number of rotatable bonds is 7. The summed E-state index contributed by atoms with van der Waals surface area (Å²) in [7, 11) is -2.51. The van der Waals surface area contributed by atoms with E-state index in [4.69, 9.17) is 4.74 Å². The van der Waals surface area contributed by atoms with Crippen molar-refractivity contribution in [3.8, 4) is 5.75 Å². The maximum Gasteiger partial charge on any atom is 0.311 e. The van der Waals surface area contributed by atoms with Gasteiger partial charge in [0.05, 0.1) is 17.8 Å². The summed E-state index contributed by atoms with van der Waals surface area (Å²) in [5.41, 5.74) is 0.367. The molecule has 0 saturated heterocycles. The molecule has 0 aliphatic rings. The third-order valence-electron chi connectivity index (χ3n) is 3.24. The maximum absolute atomic E-state index is 12.2. The second-order valence-corrected chi connectivity index (χ2v) is 7.27. The van der Waals surface area contributed by atoms with Crippen LogP contribution in [0.1, 0.15) is 5.56 Å². The van der Waals surface area contributed by atoms with E-state index in [0.29, 0.717) is 5.69 Å². The molecule has 2 aromatic rings. The smallest absolute Gasteiger partial charge is 0.311 e. The zero-order valence-electron chi connectivity index (χ0n) is 13.3. The van der Waals surface area contributed by atoms with E-state index < -0.39 is 32.2 Å². The Labute approximate surface area is 144 Å². The van der Waals surface area contributed by atoms with E-state index in [-0.39, 0.29) is 17.0 Å². The third-order valence-corrected chi connectivity index (χ3v) is 4.71. The number of nitrogens with one attached hydrogen (secondary N) is 1. The lowest BCUT2D eigenvalue weighted by Gasteiger charge is -2.07. The summed E-state index contributed by atoms with van der Waals surface area (Å²) in [4.78, 5) is 22.2. The van der Waals surface area contributed by atoms with Gasteiger partial charge in [0.1, 0.15) is 5.75 Å². The molecule has 0 atom stereocenters. The highest BCUT2D eigenvalue weighted by molar-refractivity contribution is 7.91. The number of para-hydroxylation sites is 1. The number of ether oxygens (including phenoxy) is 1. The van der Waals surface area contributed by atoms with Gasteiger partial charge in [-0.25, -0.2) is 8.42 Å². The van der Waals surface area contributed by atoms with Crippen LogP contribution in [0.5, 0.6) is 5.75 Å². The van der Waals surface area contributed by atoms with Crippen molar-refractivity contribution in [3.05, 3.63) is 64.2 Å². The lowest BCUT2D eigenvalue weighted by Crippen LogP contribution is -2.23. The van der Waals surface area contributed by atoms with E-state index in [1.54, 1.807) is 30.3 Å². The number of nitrogens with zero attached hydrogens (tertiary/aromatic N) is 1. The number of benzene rings is 2. The molecule has 132 valence electrons. The Morgan fingerprint density at radius 3 is 2.48 bits per heavy atom. The van der Waals surface area contributed by atoms with Crippen molar-refractivity contribution in [2.75, 3.05) is 18.2 Å². The first-order valence-electron chi connectivity index (χ1n) is 7.17. The molecule has 0 radical (unpaired) electrons. The van der Waals surface area contributed by atoms with Crippen molar-refractivity contribution in [3.63, 3.8) is 0 Å². The SMILES string of the molecule is COc1ccc(CS(=O)(=O)CC(=O)Nc2ccccc2)cc1[N+](=O)[O-]. The molecule has 2 aromatic carbocycles. The van der Waals surface area contributed by atoms with Gasteiger partial charge < -0.3 is 10.1 Å². The molecule has 8 nitrogen and oxygen atoms in total. The van der Waals surface area contributed by atoms with E-state index in [9.17, 15) is 23.3 Å². The molecule has 0 aliphatic heterocycles. The van der Waals surface area contributed by atoms with Gasteiger partial charge in [-0.3, -0.25) is 14.9 Å². The highest BCUT2D eigenvalue weighted by Crippen LogP contribution is 2.28. The van der Waals surface area contributed by atoms with Crippen molar-refractivity contribution in [1.82, 2.24) is 0 Å². The van der Waals surface area contributed by atoms with Crippen LogP contribution in [-0.2, 0) is 20.4 Å². The summed E-state index contributed by atoms with van der Waals surface area (Å²) in [5.74, 6) is -1.84. The molecule has 1 N–H and O–H groups in total. The molecule has 0 heterocycles. The Morgan fingerprint density at radius 2 is 1.88 bits per heavy atom. The van der Waals surface area contributed by atoms with E-state index >= 15 is 0 Å². The average molecular weight is 364 g/mol. The zero-order chi connectivity index (χ0) is 18.4. The van der Waals surface area contributed by atoms with Crippen molar-refractivity contribution >= 4 is 27.1 Å². The monoisotopic (exact) mass is 364 g/mol. The highest BCUT2D eigenvalue weighted by atomic mass is 32.2. The molecule has 25 heavy (non-hydrogen) atoms. The van der Waals surface area contributed by atoms with Gasteiger partial charge in [0.25, 0.3) is 0 Å². The molecule has 0 aromatic heterocycles. The maximum atomic E-state index is 12.2. The molecule has 9 heteroatoms. The van der Waals surface area contributed by atoms with Gasteiger partial charge in [-0.05, 0) is 23.8 Å². The molecule has 0 bridgehead atoms. The number of anilines is 1. The lowest BCUT2D eigenvalue weighted by atomic mass is 10.2. The zero-order valence-corrected chi connectivity index (χ0v) is 14.2. The van der Waals surface area contributed by atoms with Gasteiger partial charge in [-0.2, -0.15) is 0 Å². The van der Waals surface area contributed by atoms with Crippen molar-refractivity contribution in [2.45, 2.75) is 5.75 Å². The summed E-state index contributed by atoms with van der Waals surface area (Å²) < 4.78 is 29.2. The van der Waals surface area contributed by atoms with Crippen LogP contribution in [0, 0.1) is 10.1 Å². The van der Waals surface area contributed by atoms with Crippen LogP contribution < -0.4 is 10.1 Å². The number of carbonyl (C=O) groups excluding carboxylic acids is 1. The van der Waals surface area contributed by atoms with Crippen molar-refractivity contribution in [1.29, 1.82) is 0 Å². The summed E-state index contributed by atoms with van der Waals surface area (Å²) in [5, 5.41) is 13.5. The number of amides is 1. The number of hydrogen-bond acceptors (Lipinski definition) is 6. The van der Waals surface area contributed by atoms with E-state index in [1.807, 2.05) is 0 Å². The van der Waals surface area contributed by atoms with Crippen molar-refractivity contribution < 1.29 is 22.9 Å². The van der Waals surface area contributed by atoms with Crippen LogP contribution in [0.25, 0.3) is 0 Å². The van der Waals surface area contributed by atoms with Gasteiger partial charge in [0, 0.05) is 11.8 Å². The van der Waals surface area contributed by atoms with Crippen molar-refractivity contribution in [2.24, 2.45) is 0 Å². The molecule has 1 amide bonds. The topological polar surface area (TPSA) is 116 Å². The number of nitro groups is 1. The molecular formula is C16H16N2O6S. The molecule has 0 spiro atoms. The fourth-order valence-electron chi connectivity index (χ4n) is 2.19. The fraction of sp³-hybridized carbons (Fsp3) is 0.188. The summed E-state index contributed by atoms with van der Waals surface area (Å²) >= 11 is 0. The minimum absolute atomic E-state index is 0.0352. The Hall–Kier alpha value is -2.94. The molecule has 0 unspecified atom stereocenters. The average Bonchev–Trinajstić information content (AvgIpc) is 2.54. The van der Waals surface area contributed by atoms with Crippen LogP contribution in [-0.4, -0.2) is 32.1 Å². The van der Waals surface area contributed by atoms with Gasteiger partial charge in [-0.15, -0.1) is 0 Å². The number of carbonyl (C=O) groups is 1. The first-order valence-corrected chi connectivity index (χ1v) is 8.99. The summed E-state index contributed by atoms with van der Waals surface area (Å²) in [6, 6.07) is 12.3. The predicted molar refractivity (Wildman–Crippen MR) is 92.2 cm³/mol. The van der Waals surface area contributed by atoms with Crippen LogP contribution >= 0.6 is 0 Å². The molecule has 2 rings (SSSR count). The summed E-state index contributed by atoms with van der Waals surface area (Å²) in [6.45, 7) is 0. The quantitative estimate of drug-likeness (QED) is 0.594. The molecular weight excluding hydrogens is 348 g/mol. The van der Waals surface area contributed by atoms with E-state index in [1.165, 1.54) is 19.2 Å². The normalized spacial score (nSPS) is 10.9. The minimum atomic E-state index is -3.79. The molecule has 0 aliphatic carbocycles. The number of hydrogen-bond donors (Lipinski definition) is 1. The van der Waals surface area contributed by atoms with E-state index in [2.05, 4.69) is 5.32 Å².